The molecule has 0 saturated carbocycles. The smallest absolute Gasteiger partial charge is 0.310 e. The highest BCUT2D eigenvalue weighted by Gasteiger charge is 2.07. The van der Waals surface area contributed by atoms with Crippen LogP contribution in [0.2, 0.25) is 0 Å². The van der Waals surface area contributed by atoms with Gasteiger partial charge >= 0.3 is 5.97 Å². The summed E-state index contributed by atoms with van der Waals surface area (Å²) in [5, 5.41) is 4.16. The van der Waals surface area contributed by atoms with Gasteiger partial charge in [0.1, 0.15) is 0 Å². The monoisotopic (exact) mass is 308 g/mol. The van der Waals surface area contributed by atoms with Crippen molar-refractivity contribution in [3.63, 3.8) is 0 Å². The van der Waals surface area contributed by atoms with Crippen molar-refractivity contribution in [1.29, 1.82) is 0 Å². The van der Waals surface area contributed by atoms with E-state index in [4.69, 9.17) is 4.74 Å². The minimum Gasteiger partial charge on any atom is -0.466 e. The fourth-order valence-corrected chi connectivity index (χ4v) is 2.24. The number of hydrogen-bond donors (Lipinski definition) is 0. The summed E-state index contributed by atoms with van der Waals surface area (Å²) in [5.74, 6) is -0.212. The first-order chi connectivity index (χ1) is 8.70. The molecule has 0 aliphatic rings. The van der Waals surface area contributed by atoms with Crippen LogP contribution in [0.1, 0.15) is 12.5 Å². The van der Waals surface area contributed by atoms with Crippen LogP contribution >= 0.6 is 15.9 Å². The predicted molar refractivity (Wildman–Crippen MR) is 71.6 cm³/mol. The van der Waals surface area contributed by atoms with Crippen LogP contribution in [0.5, 0.6) is 0 Å². The molecule has 0 amide bonds. The van der Waals surface area contributed by atoms with Gasteiger partial charge in [-0.15, -0.1) is 0 Å². The molecule has 5 heteroatoms. The molecule has 0 radical (unpaired) electrons. The second-order valence-corrected chi connectivity index (χ2v) is 4.57. The summed E-state index contributed by atoms with van der Waals surface area (Å²) >= 11 is 3.48. The summed E-state index contributed by atoms with van der Waals surface area (Å²) in [6.45, 7) is 2.21. The Morgan fingerprint density at radius 3 is 2.94 bits per heavy atom. The Hall–Kier alpha value is -1.62. The Labute approximate surface area is 114 Å². The molecule has 2 aromatic rings. The maximum absolute atomic E-state index is 11.4. The summed E-state index contributed by atoms with van der Waals surface area (Å²) < 4.78 is 7.57. The number of ether oxygens (including phenoxy) is 1. The normalized spacial score (nSPS) is 10.3. The molecule has 0 aliphatic heterocycles. The van der Waals surface area contributed by atoms with E-state index < -0.39 is 0 Å². The number of nitrogens with zero attached hydrogens (tertiary/aromatic N) is 2. The Bertz CT molecular complexity index is 538. The minimum absolute atomic E-state index is 0.212. The van der Waals surface area contributed by atoms with Gasteiger partial charge < -0.3 is 4.74 Å². The molecule has 1 aromatic carbocycles. The first-order valence-electron chi connectivity index (χ1n) is 5.64. The van der Waals surface area contributed by atoms with E-state index in [1.165, 1.54) is 0 Å². The van der Waals surface area contributed by atoms with Crippen LogP contribution in [-0.4, -0.2) is 22.4 Å². The zero-order valence-electron chi connectivity index (χ0n) is 9.97. The van der Waals surface area contributed by atoms with E-state index in [0.717, 1.165) is 15.7 Å². The molecule has 18 heavy (non-hydrogen) atoms. The highest BCUT2D eigenvalue weighted by molar-refractivity contribution is 9.10. The van der Waals surface area contributed by atoms with Gasteiger partial charge in [0.15, 0.2) is 0 Å². The summed E-state index contributed by atoms with van der Waals surface area (Å²) in [7, 11) is 0. The van der Waals surface area contributed by atoms with Gasteiger partial charge in [-0.2, -0.15) is 5.10 Å². The van der Waals surface area contributed by atoms with Crippen molar-refractivity contribution < 1.29 is 9.53 Å². The topological polar surface area (TPSA) is 44.1 Å². The second kappa shape index (κ2) is 5.82. The molecule has 1 heterocycles. The lowest BCUT2D eigenvalue weighted by atomic mass is 10.1. The van der Waals surface area contributed by atoms with E-state index in [-0.39, 0.29) is 12.4 Å². The molecule has 0 unspecified atom stereocenters. The maximum atomic E-state index is 11.4. The van der Waals surface area contributed by atoms with Gasteiger partial charge in [0.25, 0.3) is 0 Å². The number of rotatable bonds is 4. The molecule has 0 atom stereocenters. The molecular formula is C13H13BrN2O2. The van der Waals surface area contributed by atoms with Crippen molar-refractivity contribution in [2.24, 2.45) is 0 Å². The van der Waals surface area contributed by atoms with Gasteiger partial charge in [0.2, 0.25) is 0 Å². The Morgan fingerprint density at radius 2 is 2.33 bits per heavy atom. The second-order valence-electron chi connectivity index (χ2n) is 3.72. The molecule has 4 nitrogen and oxygen atoms in total. The summed E-state index contributed by atoms with van der Waals surface area (Å²) in [5.41, 5.74) is 1.85. The number of halogens is 1. The van der Waals surface area contributed by atoms with Crippen LogP contribution in [0.25, 0.3) is 5.69 Å². The zero-order chi connectivity index (χ0) is 13.0. The van der Waals surface area contributed by atoms with Crippen molar-refractivity contribution in [3.05, 3.63) is 46.7 Å². The van der Waals surface area contributed by atoms with Crippen LogP contribution < -0.4 is 0 Å². The molecule has 0 aliphatic carbocycles. The number of esters is 1. The maximum Gasteiger partial charge on any atom is 0.310 e. The fourth-order valence-electron chi connectivity index (χ4n) is 1.64. The van der Waals surface area contributed by atoms with Crippen LogP contribution in [0, 0.1) is 0 Å². The molecular weight excluding hydrogens is 296 g/mol. The van der Waals surface area contributed by atoms with E-state index in [9.17, 15) is 4.79 Å². The van der Waals surface area contributed by atoms with Crippen molar-refractivity contribution in [1.82, 2.24) is 9.78 Å². The average Bonchev–Trinajstić information content (AvgIpc) is 2.82. The molecule has 0 saturated heterocycles. The number of carbonyl (C=O) groups is 1. The van der Waals surface area contributed by atoms with Gasteiger partial charge in [0.05, 0.1) is 18.7 Å². The van der Waals surface area contributed by atoms with E-state index in [1.807, 2.05) is 30.5 Å². The van der Waals surface area contributed by atoms with Crippen LogP contribution in [0.4, 0.5) is 0 Å². The molecule has 2 rings (SSSR count). The lowest BCUT2D eigenvalue weighted by molar-refractivity contribution is -0.142. The third kappa shape index (κ3) is 2.98. The van der Waals surface area contributed by atoms with E-state index in [0.29, 0.717) is 6.61 Å². The lowest BCUT2D eigenvalue weighted by Crippen LogP contribution is -2.07. The zero-order valence-corrected chi connectivity index (χ0v) is 11.6. The first kappa shape index (κ1) is 12.8. The molecule has 1 aromatic heterocycles. The van der Waals surface area contributed by atoms with Gasteiger partial charge in [-0.3, -0.25) is 4.79 Å². The molecule has 0 bridgehead atoms. The van der Waals surface area contributed by atoms with E-state index in [2.05, 4.69) is 21.0 Å². The number of hydrogen-bond acceptors (Lipinski definition) is 3. The van der Waals surface area contributed by atoms with Gasteiger partial charge in [-0.05, 0) is 46.6 Å². The highest BCUT2D eigenvalue weighted by Crippen LogP contribution is 2.22. The van der Waals surface area contributed by atoms with Crippen molar-refractivity contribution in [2.75, 3.05) is 6.61 Å². The minimum atomic E-state index is -0.212. The fraction of sp³-hybridized carbons (Fsp3) is 0.231. The average molecular weight is 309 g/mol. The standard InChI is InChI=1S/C13H13BrN2O2/c1-2-18-13(17)9-10-4-5-12(11(14)8-10)16-7-3-6-15-16/h3-8H,2,9H2,1H3. The van der Waals surface area contributed by atoms with Gasteiger partial charge in [-0.1, -0.05) is 6.07 Å². The van der Waals surface area contributed by atoms with Crippen LogP contribution in [-0.2, 0) is 16.0 Å². The van der Waals surface area contributed by atoms with Crippen molar-refractivity contribution in [3.8, 4) is 5.69 Å². The van der Waals surface area contributed by atoms with Gasteiger partial charge in [-0.25, -0.2) is 4.68 Å². The molecule has 0 fully saturated rings. The predicted octanol–water partition coefficient (Wildman–Crippen LogP) is 2.74. The van der Waals surface area contributed by atoms with E-state index in [1.54, 1.807) is 17.8 Å². The molecule has 0 N–H and O–H groups in total. The largest absolute Gasteiger partial charge is 0.466 e. The molecule has 0 spiro atoms. The molecule has 94 valence electrons. The highest BCUT2D eigenvalue weighted by atomic mass is 79.9. The van der Waals surface area contributed by atoms with Crippen LogP contribution in [0.3, 0.4) is 0 Å². The Morgan fingerprint density at radius 1 is 1.50 bits per heavy atom. The Kier molecular flexibility index (Phi) is 4.15. The van der Waals surface area contributed by atoms with Crippen molar-refractivity contribution >= 4 is 21.9 Å². The summed E-state index contributed by atoms with van der Waals surface area (Å²) in [4.78, 5) is 11.4. The third-order valence-corrected chi connectivity index (χ3v) is 3.05. The van der Waals surface area contributed by atoms with Crippen molar-refractivity contribution in [2.45, 2.75) is 13.3 Å². The van der Waals surface area contributed by atoms with E-state index >= 15 is 0 Å². The third-order valence-electron chi connectivity index (χ3n) is 2.42. The summed E-state index contributed by atoms with van der Waals surface area (Å²) in [6, 6.07) is 7.59. The Balaban J connectivity index is 2.18. The SMILES string of the molecule is CCOC(=O)Cc1ccc(-n2cccn2)c(Br)c1. The number of aromatic nitrogens is 2. The number of carbonyl (C=O) groups excluding carboxylic acids is 1. The number of benzene rings is 1. The quantitative estimate of drug-likeness (QED) is 0.816. The van der Waals surface area contributed by atoms with Gasteiger partial charge in [0, 0.05) is 16.9 Å². The summed E-state index contributed by atoms with van der Waals surface area (Å²) in [6.07, 6.45) is 3.87. The first-order valence-corrected chi connectivity index (χ1v) is 6.44. The lowest BCUT2D eigenvalue weighted by Gasteiger charge is -2.07. The van der Waals surface area contributed by atoms with Crippen LogP contribution in [0.15, 0.2) is 41.1 Å².